The van der Waals surface area contributed by atoms with Crippen molar-refractivity contribution >= 4 is 26.0 Å². The zero-order valence-corrected chi connectivity index (χ0v) is 9.42. The lowest BCUT2D eigenvalue weighted by Gasteiger charge is -2.05. The molecule has 0 bridgehead atoms. The number of benzene rings is 1. The summed E-state index contributed by atoms with van der Waals surface area (Å²) < 4.78 is 49.8. The Hall–Kier alpha value is -0.530. The molecular formula is C7H6BrF2NO2S. The van der Waals surface area contributed by atoms with E-state index in [1.807, 2.05) is 4.72 Å². The first-order valence-electron chi connectivity index (χ1n) is 3.47. The number of hydrogen-bond acceptors (Lipinski definition) is 2. The zero-order chi connectivity index (χ0) is 10.9. The van der Waals surface area contributed by atoms with Crippen LogP contribution >= 0.6 is 15.9 Å². The summed E-state index contributed by atoms with van der Waals surface area (Å²) in [5.41, 5.74) is 0. The molecule has 0 unspecified atom stereocenters. The average molecular weight is 286 g/mol. The maximum Gasteiger partial charge on any atom is 0.243 e. The van der Waals surface area contributed by atoms with Gasteiger partial charge in [-0.25, -0.2) is 21.9 Å². The molecule has 1 rings (SSSR count). The standard InChI is InChI=1S/C7H6BrF2NO2S/c1-11-14(12,13)5-3-2-4(9)6(8)7(5)10/h2-3,11H,1H3. The van der Waals surface area contributed by atoms with Crippen LogP contribution in [0.2, 0.25) is 0 Å². The second kappa shape index (κ2) is 3.92. The van der Waals surface area contributed by atoms with E-state index in [-0.39, 0.29) is 0 Å². The van der Waals surface area contributed by atoms with Gasteiger partial charge in [-0.3, -0.25) is 0 Å². The van der Waals surface area contributed by atoms with Crippen molar-refractivity contribution in [1.29, 1.82) is 0 Å². The Morgan fingerprint density at radius 2 is 1.93 bits per heavy atom. The molecule has 0 atom stereocenters. The van der Waals surface area contributed by atoms with Gasteiger partial charge in [0.2, 0.25) is 10.0 Å². The molecule has 0 saturated carbocycles. The first kappa shape index (κ1) is 11.5. The fraction of sp³-hybridized carbons (Fsp3) is 0.143. The fourth-order valence-electron chi connectivity index (χ4n) is 0.826. The average Bonchev–Trinajstić information content (AvgIpc) is 2.14. The largest absolute Gasteiger partial charge is 0.243 e. The van der Waals surface area contributed by atoms with E-state index in [0.29, 0.717) is 0 Å². The van der Waals surface area contributed by atoms with Gasteiger partial charge < -0.3 is 0 Å². The SMILES string of the molecule is CNS(=O)(=O)c1ccc(F)c(Br)c1F. The Balaban J connectivity index is 3.47. The summed E-state index contributed by atoms with van der Waals surface area (Å²) in [7, 11) is -2.74. The molecule has 78 valence electrons. The van der Waals surface area contributed by atoms with Gasteiger partial charge in [0.05, 0.1) is 4.47 Å². The lowest BCUT2D eigenvalue weighted by Crippen LogP contribution is -2.20. The molecule has 14 heavy (non-hydrogen) atoms. The highest BCUT2D eigenvalue weighted by Gasteiger charge is 2.20. The summed E-state index contributed by atoms with van der Waals surface area (Å²) in [5, 5.41) is 0. The Labute approximate surface area is 88.3 Å². The molecule has 0 radical (unpaired) electrons. The van der Waals surface area contributed by atoms with Gasteiger partial charge in [-0.1, -0.05) is 0 Å². The first-order chi connectivity index (χ1) is 6.40. The van der Waals surface area contributed by atoms with Gasteiger partial charge >= 0.3 is 0 Å². The molecule has 0 fully saturated rings. The van der Waals surface area contributed by atoms with Crippen LogP contribution < -0.4 is 4.72 Å². The number of halogens is 3. The van der Waals surface area contributed by atoms with E-state index in [9.17, 15) is 17.2 Å². The Bertz CT molecular complexity index is 461. The topological polar surface area (TPSA) is 46.2 Å². The van der Waals surface area contributed by atoms with E-state index < -0.39 is 31.0 Å². The summed E-state index contributed by atoms with van der Waals surface area (Å²) >= 11 is 2.61. The molecule has 0 spiro atoms. The van der Waals surface area contributed by atoms with E-state index >= 15 is 0 Å². The van der Waals surface area contributed by atoms with Crippen molar-refractivity contribution in [3.8, 4) is 0 Å². The van der Waals surface area contributed by atoms with Crippen LogP contribution in [-0.4, -0.2) is 15.5 Å². The van der Waals surface area contributed by atoms with Gasteiger partial charge in [-0.05, 0) is 35.1 Å². The lowest BCUT2D eigenvalue weighted by atomic mass is 10.3. The molecule has 0 heterocycles. The van der Waals surface area contributed by atoms with Crippen molar-refractivity contribution in [2.45, 2.75) is 4.90 Å². The van der Waals surface area contributed by atoms with Crippen LogP contribution in [0.4, 0.5) is 8.78 Å². The van der Waals surface area contributed by atoms with E-state index in [4.69, 9.17) is 0 Å². The van der Waals surface area contributed by atoms with Gasteiger partial charge in [-0.2, -0.15) is 0 Å². The van der Waals surface area contributed by atoms with Gasteiger partial charge in [-0.15, -0.1) is 0 Å². The third-order valence-electron chi connectivity index (χ3n) is 1.56. The van der Waals surface area contributed by atoms with Crippen LogP contribution in [0.3, 0.4) is 0 Å². The Morgan fingerprint density at radius 1 is 1.36 bits per heavy atom. The van der Waals surface area contributed by atoms with Crippen molar-refractivity contribution in [2.24, 2.45) is 0 Å². The number of sulfonamides is 1. The molecule has 0 aliphatic rings. The lowest BCUT2D eigenvalue weighted by molar-refractivity contribution is 0.538. The van der Waals surface area contributed by atoms with Crippen molar-refractivity contribution in [1.82, 2.24) is 4.72 Å². The minimum Gasteiger partial charge on any atom is -0.214 e. The normalized spacial score (nSPS) is 11.7. The van der Waals surface area contributed by atoms with Gasteiger partial charge in [0.1, 0.15) is 10.7 Å². The van der Waals surface area contributed by atoms with Crippen molar-refractivity contribution < 1.29 is 17.2 Å². The molecule has 3 nitrogen and oxygen atoms in total. The maximum atomic E-state index is 13.2. The van der Waals surface area contributed by atoms with E-state index in [1.165, 1.54) is 0 Å². The highest BCUT2D eigenvalue weighted by Crippen LogP contribution is 2.25. The Kier molecular flexibility index (Phi) is 3.23. The second-order valence-electron chi connectivity index (χ2n) is 2.38. The second-order valence-corrected chi connectivity index (χ2v) is 5.03. The van der Waals surface area contributed by atoms with Gasteiger partial charge in [0, 0.05) is 0 Å². The molecule has 0 aromatic heterocycles. The van der Waals surface area contributed by atoms with Crippen LogP contribution in [0, 0.1) is 11.6 Å². The number of hydrogen-bond donors (Lipinski definition) is 1. The van der Waals surface area contributed by atoms with E-state index in [0.717, 1.165) is 19.2 Å². The smallest absolute Gasteiger partial charge is 0.214 e. The molecular weight excluding hydrogens is 280 g/mol. The molecule has 1 aromatic rings. The molecule has 0 aliphatic carbocycles. The van der Waals surface area contributed by atoms with E-state index in [1.54, 1.807) is 0 Å². The number of rotatable bonds is 2. The molecule has 0 amide bonds. The third-order valence-corrected chi connectivity index (χ3v) is 3.72. The monoisotopic (exact) mass is 285 g/mol. The fourth-order valence-corrected chi connectivity index (χ4v) is 2.11. The minimum atomic E-state index is -3.89. The van der Waals surface area contributed by atoms with Gasteiger partial charge in [0.15, 0.2) is 5.82 Å². The predicted octanol–water partition coefficient (Wildman–Crippen LogP) is 1.64. The highest BCUT2D eigenvalue weighted by molar-refractivity contribution is 9.10. The zero-order valence-electron chi connectivity index (χ0n) is 7.01. The van der Waals surface area contributed by atoms with Crippen molar-refractivity contribution in [3.05, 3.63) is 28.2 Å². The summed E-state index contributed by atoms with van der Waals surface area (Å²) in [6.45, 7) is 0. The number of nitrogens with one attached hydrogen (secondary N) is 1. The molecule has 0 aliphatic heterocycles. The third kappa shape index (κ3) is 1.94. The van der Waals surface area contributed by atoms with Crippen LogP contribution in [0.5, 0.6) is 0 Å². The summed E-state index contributed by atoms with van der Waals surface area (Å²) in [6, 6.07) is 1.73. The van der Waals surface area contributed by atoms with Crippen LogP contribution in [-0.2, 0) is 10.0 Å². The van der Waals surface area contributed by atoms with Gasteiger partial charge in [0.25, 0.3) is 0 Å². The maximum absolute atomic E-state index is 13.2. The summed E-state index contributed by atoms with van der Waals surface area (Å²) in [5.74, 6) is -1.99. The minimum absolute atomic E-state index is 0.492. The van der Waals surface area contributed by atoms with Crippen LogP contribution in [0.1, 0.15) is 0 Å². The van der Waals surface area contributed by atoms with E-state index in [2.05, 4.69) is 15.9 Å². The summed E-state index contributed by atoms with van der Waals surface area (Å²) in [6.07, 6.45) is 0. The molecule has 7 heteroatoms. The Morgan fingerprint density at radius 3 is 2.43 bits per heavy atom. The summed E-state index contributed by atoms with van der Waals surface area (Å²) in [4.78, 5) is -0.590. The van der Waals surface area contributed by atoms with Crippen molar-refractivity contribution in [3.63, 3.8) is 0 Å². The quantitative estimate of drug-likeness (QED) is 0.840. The molecule has 1 aromatic carbocycles. The molecule has 0 saturated heterocycles. The first-order valence-corrected chi connectivity index (χ1v) is 5.75. The van der Waals surface area contributed by atoms with Crippen LogP contribution in [0.15, 0.2) is 21.5 Å². The highest BCUT2D eigenvalue weighted by atomic mass is 79.9. The van der Waals surface area contributed by atoms with Crippen LogP contribution in [0.25, 0.3) is 0 Å². The predicted molar refractivity (Wildman–Crippen MR) is 50.3 cm³/mol. The molecule has 1 N–H and O–H groups in total. The van der Waals surface area contributed by atoms with Crippen molar-refractivity contribution in [2.75, 3.05) is 7.05 Å².